The smallest absolute Gasteiger partial charge is 0.268 e. The second-order valence-corrected chi connectivity index (χ2v) is 5.27. The van der Waals surface area contributed by atoms with Gasteiger partial charge >= 0.3 is 0 Å². The maximum atomic E-state index is 11.7. The molecule has 2 heterocycles. The number of H-pyrrole nitrogens is 1. The quantitative estimate of drug-likeness (QED) is 0.746. The number of aliphatic hydroxyl groups is 1. The molecular formula is C11H13N3O2S. The van der Waals surface area contributed by atoms with Crippen LogP contribution in [0.1, 0.15) is 18.7 Å². The van der Waals surface area contributed by atoms with Gasteiger partial charge in [-0.15, -0.1) is 11.3 Å². The van der Waals surface area contributed by atoms with Gasteiger partial charge < -0.3 is 15.4 Å². The molecule has 1 saturated carbocycles. The van der Waals surface area contributed by atoms with Gasteiger partial charge in [-0.2, -0.15) is 0 Å². The van der Waals surface area contributed by atoms with Gasteiger partial charge in [-0.25, -0.2) is 4.98 Å². The summed E-state index contributed by atoms with van der Waals surface area (Å²) >= 11 is 1.40. The van der Waals surface area contributed by atoms with Gasteiger partial charge in [-0.3, -0.25) is 4.79 Å². The van der Waals surface area contributed by atoms with Crippen LogP contribution in [0.5, 0.6) is 0 Å². The lowest BCUT2D eigenvalue weighted by atomic mass is 9.89. The maximum Gasteiger partial charge on any atom is 0.268 e. The summed E-state index contributed by atoms with van der Waals surface area (Å²) in [7, 11) is 0. The molecule has 3 N–H and O–H groups in total. The number of nitrogens with one attached hydrogen (secondary N) is 2. The third-order valence-corrected chi connectivity index (χ3v) is 3.94. The van der Waals surface area contributed by atoms with Gasteiger partial charge in [0.25, 0.3) is 5.56 Å². The van der Waals surface area contributed by atoms with Crippen LogP contribution >= 0.6 is 11.3 Å². The Morgan fingerprint density at radius 2 is 2.41 bits per heavy atom. The average Bonchev–Trinajstić information content (AvgIpc) is 2.71. The minimum absolute atomic E-state index is 0.0737. The van der Waals surface area contributed by atoms with Crippen molar-refractivity contribution in [1.82, 2.24) is 15.3 Å². The predicted octanol–water partition coefficient (Wildman–Crippen LogP) is 0.597. The normalized spacial score (nSPS) is 23.8. The predicted molar refractivity (Wildman–Crippen MR) is 66.1 cm³/mol. The zero-order valence-corrected chi connectivity index (χ0v) is 9.96. The van der Waals surface area contributed by atoms with Crippen LogP contribution in [0.4, 0.5) is 0 Å². The molecule has 2 aromatic rings. The molecule has 0 radical (unpaired) electrons. The van der Waals surface area contributed by atoms with Gasteiger partial charge in [0, 0.05) is 6.04 Å². The summed E-state index contributed by atoms with van der Waals surface area (Å²) in [6, 6.07) is 2.19. The van der Waals surface area contributed by atoms with Crippen molar-refractivity contribution in [2.75, 3.05) is 0 Å². The lowest BCUT2D eigenvalue weighted by molar-refractivity contribution is 0.0616. The number of fused-ring (bicyclic) bond motifs is 1. The largest absolute Gasteiger partial charge is 0.393 e. The molecule has 17 heavy (non-hydrogen) atoms. The van der Waals surface area contributed by atoms with E-state index in [0.717, 1.165) is 18.4 Å². The Morgan fingerprint density at radius 1 is 1.59 bits per heavy atom. The molecule has 2 aromatic heterocycles. The molecule has 3 rings (SSSR count). The first-order chi connectivity index (χ1) is 8.22. The number of aliphatic hydroxyl groups excluding tert-OH is 1. The van der Waals surface area contributed by atoms with E-state index in [-0.39, 0.29) is 11.7 Å². The highest BCUT2D eigenvalue weighted by Gasteiger charge is 2.26. The number of aromatic nitrogens is 2. The molecule has 0 aromatic carbocycles. The minimum atomic E-state index is -0.168. The molecule has 0 saturated heterocycles. The highest BCUT2D eigenvalue weighted by atomic mass is 32.1. The Labute approximate surface area is 102 Å². The first-order valence-electron chi connectivity index (χ1n) is 5.60. The Balaban J connectivity index is 1.74. The fourth-order valence-corrected chi connectivity index (χ4v) is 2.73. The van der Waals surface area contributed by atoms with E-state index in [9.17, 15) is 4.79 Å². The average molecular weight is 251 g/mol. The van der Waals surface area contributed by atoms with E-state index < -0.39 is 0 Å². The maximum absolute atomic E-state index is 11.7. The van der Waals surface area contributed by atoms with Crippen LogP contribution in [-0.4, -0.2) is 27.2 Å². The molecule has 1 aliphatic carbocycles. The third-order valence-electron chi connectivity index (χ3n) is 3.04. The number of hydrogen-bond donors (Lipinski definition) is 3. The molecule has 5 nitrogen and oxygen atoms in total. The van der Waals surface area contributed by atoms with E-state index in [0.29, 0.717) is 23.1 Å². The van der Waals surface area contributed by atoms with Crippen molar-refractivity contribution >= 4 is 21.6 Å². The van der Waals surface area contributed by atoms with Crippen LogP contribution in [0.15, 0.2) is 16.2 Å². The van der Waals surface area contributed by atoms with E-state index in [4.69, 9.17) is 5.11 Å². The summed E-state index contributed by atoms with van der Waals surface area (Å²) in [4.78, 5) is 18.8. The second kappa shape index (κ2) is 4.21. The summed E-state index contributed by atoms with van der Waals surface area (Å²) in [5.74, 6) is 0.655. The Hall–Kier alpha value is -1.24. The zero-order valence-electron chi connectivity index (χ0n) is 9.14. The topological polar surface area (TPSA) is 78.0 Å². The van der Waals surface area contributed by atoms with Crippen molar-refractivity contribution in [1.29, 1.82) is 0 Å². The van der Waals surface area contributed by atoms with Crippen molar-refractivity contribution in [2.45, 2.75) is 31.5 Å². The van der Waals surface area contributed by atoms with Gasteiger partial charge in [0.1, 0.15) is 10.5 Å². The van der Waals surface area contributed by atoms with E-state index in [2.05, 4.69) is 15.3 Å². The Morgan fingerprint density at radius 3 is 3.18 bits per heavy atom. The number of thiophene rings is 1. The molecule has 1 fully saturated rings. The summed E-state index contributed by atoms with van der Waals surface area (Å²) in [6.07, 6.45) is 1.40. The number of aromatic amines is 1. The van der Waals surface area contributed by atoms with E-state index in [1.54, 1.807) is 0 Å². The second-order valence-electron chi connectivity index (χ2n) is 4.35. The Bertz CT molecular complexity index is 586. The summed E-state index contributed by atoms with van der Waals surface area (Å²) in [5, 5.41) is 14.3. The number of hydrogen-bond acceptors (Lipinski definition) is 5. The van der Waals surface area contributed by atoms with Crippen molar-refractivity contribution in [3.05, 3.63) is 27.6 Å². The van der Waals surface area contributed by atoms with Crippen LogP contribution in [0, 0.1) is 0 Å². The summed E-state index contributed by atoms with van der Waals surface area (Å²) < 4.78 is 0.674. The molecule has 0 amide bonds. The zero-order chi connectivity index (χ0) is 11.8. The SMILES string of the molecule is O=c1[nH]c(CNC2CC(O)C2)nc2ccsc12. The fraction of sp³-hybridized carbons (Fsp3) is 0.455. The monoisotopic (exact) mass is 251 g/mol. The van der Waals surface area contributed by atoms with Crippen LogP contribution in [0.3, 0.4) is 0 Å². The van der Waals surface area contributed by atoms with Gasteiger partial charge in [-0.05, 0) is 24.3 Å². The highest BCUT2D eigenvalue weighted by molar-refractivity contribution is 7.17. The van der Waals surface area contributed by atoms with Crippen molar-refractivity contribution in [3.8, 4) is 0 Å². The van der Waals surface area contributed by atoms with E-state index in [1.165, 1.54) is 11.3 Å². The lowest BCUT2D eigenvalue weighted by Gasteiger charge is -2.31. The molecule has 0 spiro atoms. The van der Waals surface area contributed by atoms with Crippen LogP contribution < -0.4 is 10.9 Å². The fourth-order valence-electron chi connectivity index (χ4n) is 2.00. The summed E-state index contributed by atoms with van der Waals surface area (Å²) in [6.45, 7) is 0.540. The van der Waals surface area contributed by atoms with Crippen molar-refractivity contribution in [2.24, 2.45) is 0 Å². The third kappa shape index (κ3) is 2.11. The molecule has 0 atom stereocenters. The highest BCUT2D eigenvalue weighted by Crippen LogP contribution is 2.19. The van der Waals surface area contributed by atoms with Crippen molar-refractivity contribution < 1.29 is 5.11 Å². The van der Waals surface area contributed by atoms with Crippen LogP contribution in [0.2, 0.25) is 0 Å². The molecular weight excluding hydrogens is 238 g/mol. The van der Waals surface area contributed by atoms with Crippen molar-refractivity contribution in [3.63, 3.8) is 0 Å². The number of nitrogens with zero attached hydrogens (tertiary/aromatic N) is 1. The van der Waals surface area contributed by atoms with Gasteiger partial charge in [0.05, 0.1) is 18.2 Å². The molecule has 1 aliphatic rings. The van der Waals surface area contributed by atoms with E-state index in [1.807, 2.05) is 11.4 Å². The Kier molecular flexibility index (Phi) is 2.70. The van der Waals surface area contributed by atoms with Gasteiger partial charge in [-0.1, -0.05) is 0 Å². The molecule has 6 heteroatoms. The molecule has 0 bridgehead atoms. The minimum Gasteiger partial charge on any atom is -0.393 e. The van der Waals surface area contributed by atoms with Crippen LogP contribution in [0.25, 0.3) is 10.2 Å². The lowest BCUT2D eigenvalue weighted by Crippen LogP contribution is -2.44. The van der Waals surface area contributed by atoms with E-state index >= 15 is 0 Å². The summed E-state index contributed by atoms with van der Waals surface area (Å²) in [5.41, 5.74) is 0.680. The molecule has 0 unspecified atom stereocenters. The molecule has 0 aliphatic heterocycles. The van der Waals surface area contributed by atoms with Gasteiger partial charge in [0.2, 0.25) is 0 Å². The first-order valence-corrected chi connectivity index (χ1v) is 6.48. The molecule has 90 valence electrons. The first kappa shape index (κ1) is 10.9. The van der Waals surface area contributed by atoms with Gasteiger partial charge in [0.15, 0.2) is 0 Å². The van der Waals surface area contributed by atoms with Crippen LogP contribution in [-0.2, 0) is 6.54 Å². The standard InChI is InChI=1S/C11H13N3O2S/c15-7-3-6(4-7)12-5-9-13-8-1-2-17-10(8)11(16)14-9/h1-2,6-7,12,15H,3-5H2,(H,13,14,16). The number of rotatable bonds is 3.